The summed E-state index contributed by atoms with van der Waals surface area (Å²) in [6.45, 7) is 4.22. The van der Waals surface area contributed by atoms with E-state index in [1.807, 2.05) is 6.08 Å². The van der Waals surface area contributed by atoms with E-state index < -0.39 is 0 Å². The predicted octanol–water partition coefficient (Wildman–Crippen LogP) is 8.34. The predicted molar refractivity (Wildman–Crippen MR) is 139 cm³/mol. The third kappa shape index (κ3) is 3.94. The van der Waals surface area contributed by atoms with Crippen LogP contribution in [-0.2, 0) is 0 Å². The van der Waals surface area contributed by atoms with Gasteiger partial charge in [-0.05, 0) is 93.6 Å². The molecule has 0 aliphatic rings. The number of fused-ring (bicyclic) bond motifs is 3. The summed E-state index contributed by atoms with van der Waals surface area (Å²) in [5.74, 6) is 6.52. The highest BCUT2D eigenvalue weighted by atomic mass is 14.1. The Kier molecular flexibility index (Phi) is 5.32. The first kappa shape index (κ1) is 19.9. The summed E-state index contributed by atoms with van der Waals surface area (Å²) < 4.78 is 0. The van der Waals surface area contributed by atoms with Crippen LogP contribution in [0.4, 0.5) is 0 Å². The van der Waals surface area contributed by atoms with Crippen LogP contribution in [0.1, 0.15) is 22.3 Å². The molecule has 0 aliphatic carbocycles. The van der Waals surface area contributed by atoms with Crippen molar-refractivity contribution in [3.05, 3.63) is 125 Å². The minimum Gasteiger partial charge on any atom is -0.0696 e. The van der Waals surface area contributed by atoms with E-state index in [1.54, 1.807) is 0 Å². The van der Waals surface area contributed by atoms with Crippen LogP contribution in [0.25, 0.3) is 38.7 Å². The first-order valence-electron chi connectivity index (χ1n) is 11.0. The lowest BCUT2D eigenvalue weighted by molar-refractivity contribution is 1.37. The van der Waals surface area contributed by atoms with E-state index in [0.29, 0.717) is 0 Å². The molecule has 0 heteroatoms. The molecule has 0 atom stereocenters. The highest BCUT2D eigenvalue weighted by Crippen LogP contribution is 2.35. The van der Waals surface area contributed by atoms with E-state index in [9.17, 15) is 0 Å². The molecule has 0 N–H and O–H groups in total. The maximum absolute atomic E-state index is 3.28. The lowest BCUT2D eigenvalue weighted by atomic mass is 9.92. The Balaban J connectivity index is 1.64. The summed E-state index contributed by atoms with van der Waals surface area (Å²) in [5, 5.41) is 5.05. The maximum atomic E-state index is 3.28. The molecule has 5 aromatic rings. The maximum Gasteiger partial charge on any atom is 0.0254 e. The summed E-state index contributed by atoms with van der Waals surface area (Å²) in [6, 6.07) is 34.6. The molecule has 0 heterocycles. The van der Waals surface area contributed by atoms with Crippen molar-refractivity contribution >= 4 is 27.6 Å². The number of hydrogen-bond donors (Lipinski definition) is 0. The standard InChI is InChI=1S/C32H24/c1-23-19-24(2)21-25(20-23)11-6-7-14-27-22-32-28(26-12-4-3-5-13-26)17-10-18-31(32)30-16-9-8-15-29(27)30/h3-5,7-10,12-22H,1-2H3/b14-7-. The Morgan fingerprint density at radius 1 is 0.594 bits per heavy atom. The second-order valence-corrected chi connectivity index (χ2v) is 8.26. The van der Waals surface area contributed by atoms with Gasteiger partial charge in [0.05, 0.1) is 0 Å². The Hall–Kier alpha value is -4.08. The number of hydrogen-bond acceptors (Lipinski definition) is 0. The van der Waals surface area contributed by atoms with E-state index in [1.165, 1.54) is 49.4 Å². The minimum absolute atomic E-state index is 1.06. The second-order valence-electron chi connectivity index (χ2n) is 8.26. The van der Waals surface area contributed by atoms with Gasteiger partial charge in [0.2, 0.25) is 0 Å². The fourth-order valence-electron chi connectivity index (χ4n) is 4.47. The van der Waals surface area contributed by atoms with Gasteiger partial charge in [0.15, 0.2) is 0 Å². The molecule has 0 nitrogen and oxygen atoms in total. The van der Waals surface area contributed by atoms with Crippen molar-refractivity contribution in [1.29, 1.82) is 0 Å². The molecule has 5 rings (SSSR count). The monoisotopic (exact) mass is 408 g/mol. The average molecular weight is 409 g/mol. The molecule has 32 heavy (non-hydrogen) atoms. The topological polar surface area (TPSA) is 0 Å². The van der Waals surface area contributed by atoms with Gasteiger partial charge in [0.25, 0.3) is 0 Å². The van der Waals surface area contributed by atoms with Crippen molar-refractivity contribution in [3.8, 4) is 23.0 Å². The smallest absolute Gasteiger partial charge is 0.0254 e. The molecule has 0 fully saturated rings. The first-order chi connectivity index (χ1) is 15.7. The summed E-state index contributed by atoms with van der Waals surface area (Å²) in [4.78, 5) is 0. The van der Waals surface area contributed by atoms with Gasteiger partial charge in [-0.1, -0.05) is 90.7 Å². The Labute approximate surface area is 189 Å². The zero-order chi connectivity index (χ0) is 21.9. The van der Waals surface area contributed by atoms with Gasteiger partial charge in [-0.2, -0.15) is 0 Å². The Morgan fingerprint density at radius 2 is 1.25 bits per heavy atom. The number of aryl methyl sites for hydroxylation is 2. The molecule has 0 radical (unpaired) electrons. The van der Waals surface area contributed by atoms with Crippen molar-refractivity contribution in [2.75, 3.05) is 0 Å². The number of benzene rings is 5. The van der Waals surface area contributed by atoms with Crippen LogP contribution in [-0.4, -0.2) is 0 Å². The van der Waals surface area contributed by atoms with E-state index in [-0.39, 0.29) is 0 Å². The van der Waals surface area contributed by atoms with Gasteiger partial charge < -0.3 is 0 Å². The molecule has 0 saturated heterocycles. The molecular formula is C32H24. The van der Waals surface area contributed by atoms with E-state index in [0.717, 1.165) is 5.56 Å². The average Bonchev–Trinajstić information content (AvgIpc) is 2.81. The molecule has 152 valence electrons. The van der Waals surface area contributed by atoms with Gasteiger partial charge in [0.1, 0.15) is 0 Å². The molecule has 0 aromatic heterocycles. The highest BCUT2D eigenvalue weighted by Gasteiger charge is 2.09. The molecule has 0 amide bonds. The quantitative estimate of drug-likeness (QED) is 0.203. The van der Waals surface area contributed by atoms with Crippen LogP contribution in [0.15, 0.2) is 103 Å². The Bertz CT molecular complexity index is 1500. The first-order valence-corrected chi connectivity index (χ1v) is 11.0. The van der Waals surface area contributed by atoms with Gasteiger partial charge in [0, 0.05) is 5.56 Å². The van der Waals surface area contributed by atoms with Crippen LogP contribution in [0.3, 0.4) is 0 Å². The van der Waals surface area contributed by atoms with Crippen molar-refractivity contribution in [2.24, 2.45) is 0 Å². The SMILES string of the molecule is Cc1cc(C)cc(C#C/C=C\c2cc3c(-c4ccccc4)cccc3c3ccccc23)c1. The zero-order valence-corrected chi connectivity index (χ0v) is 18.4. The lowest BCUT2D eigenvalue weighted by Gasteiger charge is -2.12. The van der Waals surface area contributed by atoms with Gasteiger partial charge in [-0.15, -0.1) is 0 Å². The molecule has 0 bridgehead atoms. The number of rotatable bonds is 2. The summed E-state index contributed by atoms with van der Waals surface area (Å²) in [6.07, 6.45) is 4.11. The van der Waals surface area contributed by atoms with Crippen molar-refractivity contribution in [2.45, 2.75) is 13.8 Å². The molecule has 5 aromatic carbocycles. The van der Waals surface area contributed by atoms with E-state index >= 15 is 0 Å². The fraction of sp³-hybridized carbons (Fsp3) is 0.0625. The molecule has 0 spiro atoms. The van der Waals surface area contributed by atoms with Crippen molar-refractivity contribution < 1.29 is 0 Å². The van der Waals surface area contributed by atoms with Crippen LogP contribution in [0.5, 0.6) is 0 Å². The third-order valence-corrected chi connectivity index (χ3v) is 5.80. The van der Waals surface area contributed by atoms with E-state index in [4.69, 9.17) is 0 Å². The van der Waals surface area contributed by atoms with Gasteiger partial charge in [-0.25, -0.2) is 0 Å². The van der Waals surface area contributed by atoms with Gasteiger partial charge >= 0.3 is 0 Å². The Morgan fingerprint density at radius 3 is 2.03 bits per heavy atom. The number of allylic oxidation sites excluding steroid dienone is 1. The summed E-state index contributed by atoms with van der Waals surface area (Å²) >= 11 is 0. The zero-order valence-electron chi connectivity index (χ0n) is 18.4. The molecule has 0 saturated carbocycles. The van der Waals surface area contributed by atoms with Crippen LogP contribution in [0.2, 0.25) is 0 Å². The lowest BCUT2D eigenvalue weighted by Crippen LogP contribution is -1.86. The largest absolute Gasteiger partial charge is 0.0696 e. The minimum atomic E-state index is 1.06. The molecule has 0 aliphatic heterocycles. The highest BCUT2D eigenvalue weighted by molar-refractivity contribution is 6.14. The fourth-order valence-corrected chi connectivity index (χ4v) is 4.47. The third-order valence-electron chi connectivity index (χ3n) is 5.80. The van der Waals surface area contributed by atoms with Crippen LogP contribution >= 0.6 is 0 Å². The molecule has 0 unspecified atom stereocenters. The van der Waals surface area contributed by atoms with Crippen LogP contribution < -0.4 is 0 Å². The summed E-state index contributed by atoms with van der Waals surface area (Å²) in [7, 11) is 0. The van der Waals surface area contributed by atoms with E-state index in [2.05, 4.69) is 129 Å². The van der Waals surface area contributed by atoms with Gasteiger partial charge in [-0.3, -0.25) is 0 Å². The second kappa shape index (κ2) is 8.58. The normalized spacial score (nSPS) is 11.1. The van der Waals surface area contributed by atoms with Crippen molar-refractivity contribution in [1.82, 2.24) is 0 Å². The van der Waals surface area contributed by atoms with Crippen LogP contribution in [0, 0.1) is 25.7 Å². The van der Waals surface area contributed by atoms with Crippen molar-refractivity contribution in [3.63, 3.8) is 0 Å². The summed E-state index contributed by atoms with van der Waals surface area (Å²) in [5.41, 5.74) is 7.22. The molecular weight excluding hydrogens is 384 g/mol.